The number of rotatable bonds is 4. The van der Waals surface area contributed by atoms with Gasteiger partial charge in [0, 0.05) is 11.7 Å². The van der Waals surface area contributed by atoms with Crippen molar-refractivity contribution in [2.24, 2.45) is 0 Å². The maximum Gasteiger partial charge on any atom is 0.315 e. The van der Waals surface area contributed by atoms with Crippen LogP contribution in [-0.2, 0) is 4.79 Å². The Morgan fingerprint density at radius 2 is 1.95 bits per heavy atom. The standard InChI is InChI=1S/C15H21N3O2S/c1-9-4-10(2)6-12(5-9)17-13(19)8-21-14-7-11(3)16-15(20)18-14/h4-6,11,14H,7-8H2,1-3H3,(H,17,19)(H2,16,18,20). The molecule has 2 rings (SSSR count). The van der Waals surface area contributed by atoms with Crippen LogP contribution in [-0.4, -0.2) is 29.1 Å². The zero-order valence-electron chi connectivity index (χ0n) is 12.5. The number of aryl methyl sites for hydroxylation is 2. The van der Waals surface area contributed by atoms with Gasteiger partial charge in [-0.25, -0.2) is 4.79 Å². The van der Waals surface area contributed by atoms with Crippen molar-refractivity contribution >= 4 is 29.4 Å². The molecule has 0 aliphatic carbocycles. The number of anilines is 1. The molecule has 1 aliphatic heterocycles. The Balaban J connectivity index is 1.83. The third-order valence-electron chi connectivity index (χ3n) is 3.16. The fourth-order valence-electron chi connectivity index (χ4n) is 2.38. The van der Waals surface area contributed by atoms with Gasteiger partial charge in [-0.05, 0) is 50.5 Å². The van der Waals surface area contributed by atoms with E-state index < -0.39 is 0 Å². The third kappa shape index (κ3) is 4.97. The molecular weight excluding hydrogens is 286 g/mol. The van der Waals surface area contributed by atoms with E-state index in [1.54, 1.807) is 0 Å². The maximum atomic E-state index is 12.0. The summed E-state index contributed by atoms with van der Waals surface area (Å²) in [5, 5.41) is 8.48. The Labute approximate surface area is 129 Å². The second-order valence-electron chi connectivity index (χ2n) is 5.48. The van der Waals surface area contributed by atoms with E-state index >= 15 is 0 Å². The molecule has 114 valence electrons. The summed E-state index contributed by atoms with van der Waals surface area (Å²) >= 11 is 1.46. The van der Waals surface area contributed by atoms with Crippen molar-refractivity contribution in [1.29, 1.82) is 0 Å². The SMILES string of the molecule is Cc1cc(C)cc(NC(=O)CSC2CC(C)NC(=O)N2)c1. The van der Waals surface area contributed by atoms with Gasteiger partial charge in [0.25, 0.3) is 0 Å². The minimum absolute atomic E-state index is 0.0151. The molecule has 1 aromatic rings. The van der Waals surface area contributed by atoms with Gasteiger partial charge in [-0.3, -0.25) is 4.79 Å². The van der Waals surface area contributed by atoms with E-state index in [-0.39, 0.29) is 23.4 Å². The van der Waals surface area contributed by atoms with Crippen LogP contribution in [0.4, 0.5) is 10.5 Å². The summed E-state index contributed by atoms with van der Waals surface area (Å²) in [6, 6.07) is 5.93. The van der Waals surface area contributed by atoms with Gasteiger partial charge in [0.15, 0.2) is 0 Å². The Morgan fingerprint density at radius 3 is 2.57 bits per heavy atom. The van der Waals surface area contributed by atoms with Crippen LogP contribution in [0.15, 0.2) is 18.2 Å². The number of hydrogen-bond donors (Lipinski definition) is 3. The van der Waals surface area contributed by atoms with Crippen LogP contribution in [0, 0.1) is 13.8 Å². The molecule has 2 unspecified atom stereocenters. The first-order valence-electron chi connectivity index (χ1n) is 6.99. The average molecular weight is 307 g/mol. The highest BCUT2D eigenvalue weighted by atomic mass is 32.2. The van der Waals surface area contributed by atoms with Crippen molar-refractivity contribution < 1.29 is 9.59 Å². The molecule has 3 N–H and O–H groups in total. The van der Waals surface area contributed by atoms with E-state index in [0.717, 1.165) is 23.2 Å². The van der Waals surface area contributed by atoms with Gasteiger partial charge >= 0.3 is 6.03 Å². The summed E-state index contributed by atoms with van der Waals surface area (Å²) in [6.07, 6.45) is 0.813. The van der Waals surface area contributed by atoms with Crippen molar-refractivity contribution in [3.63, 3.8) is 0 Å². The van der Waals surface area contributed by atoms with E-state index in [4.69, 9.17) is 0 Å². The van der Waals surface area contributed by atoms with Crippen molar-refractivity contribution in [2.45, 2.75) is 38.6 Å². The van der Waals surface area contributed by atoms with Crippen molar-refractivity contribution in [3.8, 4) is 0 Å². The van der Waals surface area contributed by atoms with Gasteiger partial charge in [-0.1, -0.05) is 6.07 Å². The highest BCUT2D eigenvalue weighted by Gasteiger charge is 2.23. The molecule has 2 atom stereocenters. The lowest BCUT2D eigenvalue weighted by Gasteiger charge is -2.28. The molecule has 1 fully saturated rings. The molecule has 0 bridgehead atoms. The molecule has 6 heteroatoms. The topological polar surface area (TPSA) is 70.2 Å². The number of amides is 3. The number of urea groups is 1. The minimum Gasteiger partial charge on any atom is -0.336 e. The predicted octanol–water partition coefficient (Wildman–Crippen LogP) is 2.39. The largest absolute Gasteiger partial charge is 0.336 e. The van der Waals surface area contributed by atoms with Crippen molar-refractivity contribution in [1.82, 2.24) is 10.6 Å². The molecule has 1 heterocycles. The van der Waals surface area contributed by atoms with Crippen LogP contribution in [0.1, 0.15) is 24.5 Å². The van der Waals surface area contributed by atoms with Gasteiger partial charge in [0.1, 0.15) is 0 Å². The quantitative estimate of drug-likeness (QED) is 0.800. The molecule has 0 radical (unpaired) electrons. The van der Waals surface area contributed by atoms with Crippen molar-refractivity contribution in [3.05, 3.63) is 29.3 Å². The summed E-state index contributed by atoms with van der Waals surface area (Å²) in [6.45, 7) is 5.97. The molecule has 1 saturated heterocycles. The molecule has 0 aromatic heterocycles. The summed E-state index contributed by atoms with van der Waals surface area (Å²) in [4.78, 5) is 23.3. The maximum absolute atomic E-state index is 12.0. The fraction of sp³-hybridized carbons (Fsp3) is 0.467. The Kier molecular flexibility index (Phi) is 5.12. The third-order valence-corrected chi connectivity index (χ3v) is 4.30. The molecule has 5 nitrogen and oxygen atoms in total. The first kappa shape index (κ1) is 15.7. The highest BCUT2D eigenvalue weighted by Crippen LogP contribution is 2.18. The van der Waals surface area contributed by atoms with Gasteiger partial charge < -0.3 is 16.0 Å². The minimum atomic E-state index is -0.166. The Bertz CT molecular complexity index is 527. The summed E-state index contributed by atoms with van der Waals surface area (Å²) < 4.78 is 0. The fourth-order valence-corrected chi connectivity index (χ4v) is 3.42. The monoisotopic (exact) mass is 307 g/mol. The van der Waals surface area contributed by atoms with Crippen LogP contribution in [0.3, 0.4) is 0 Å². The van der Waals surface area contributed by atoms with Gasteiger partial charge in [-0.2, -0.15) is 0 Å². The number of carbonyl (C=O) groups is 2. The average Bonchev–Trinajstić information content (AvgIpc) is 2.34. The zero-order valence-corrected chi connectivity index (χ0v) is 13.3. The molecular formula is C15H21N3O2S. The smallest absolute Gasteiger partial charge is 0.315 e. The lowest BCUT2D eigenvalue weighted by atomic mass is 10.1. The number of hydrogen-bond acceptors (Lipinski definition) is 3. The lowest BCUT2D eigenvalue weighted by molar-refractivity contribution is -0.113. The second kappa shape index (κ2) is 6.85. The summed E-state index contributed by atoms with van der Waals surface area (Å²) in [5.74, 6) is 0.274. The van der Waals surface area contributed by atoms with E-state index in [9.17, 15) is 9.59 Å². The van der Waals surface area contributed by atoms with Crippen LogP contribution < -0.4 is 16.0 Å². The van der Waals surface area contributed by atoms with Gasteiger partial charge in [0.05, 0.1) is 11.1 Å². The van der Waals surface area contributed by atoms with Gasteiger partial charge in [0.2, 0.25) is 5.91 Å². The molecule has 1 aromatic carbocycles. The molecule has 1 aliphatic rings. The number of nitrogens with one attached hydrogen (secondary N) is 3. The van der Waals surface area contributed by atoms with E-state index in [2.05, 4.69) is 22.0 Å². The Hall–Kier alpha value is -1.69. The van der Waals surface area contributed by atoms with E-state index in [1.165, 1.54) is 11.8 Å². The predicted molar refractivity (Wildman–Crippen MR) is 86.5 cm³/mol. The zero-order chi connectivity index (χ0) is 15.4. The summed E-state index contributed by atoms with van der Waals surface area (Å²) in [7, 11) is 0. The van der Waals surface area contributed by atoms with Crippen LogP contribution in [0.2, 0.25) is 0 Å². The summed E-state index contributed by atoms with van der Waals surface area (Å²) in [5.41, 5.74) is 3.07. The van der Waals surface area contributed by atoms with E-state index in [0.29, 0.717) is 5.75 Å². The molecule has 3 amide bonds. The van der Waals surface area contributed by atoms with Crippen molar-refractivity contribution in [2.75, 3.05) is 11.1 Å². The first-order valence-corrected chi connectivity index (χ1v) is 8.04. The molecule has 0 saturated carbocycles. The van der Waals surface area contributed by atoms with Crippen LogP contribution in [0.25, 0.3) is 0 Å². The van der Waals surface area contributed by atoms with Crippen LogP contribution >= 0.6 is 11.8 Å². The highest BCUT2D eigenvalue weighted by molar-refractivity contribution is 8.00. The number of benzene rings is 1. The van der Waals surface area contributed by atoms with Crippen LogP contribution in [0.5, 0.6) is 0 Å². The molecule has 0 spiro atoms. The van der Waals surface area contributed by atoms with Gasteiger partial charge in [-0.15, -0.1) is 11.8 Å². The Morgan fingerprint density at radius 1 is 1.29 bits per heavy atom. The molecule has 21 heavy (non-hydrogen) atoms. The van der Waals surface area contributed by atoms with E-state index in [1.807, 2.05) is 32.9 Å². The first-order chi connectivity index (χ1) is 9.92. The number of carbonyl (C=O) groups excluding carboxylic acids is 2. The normalized spacial score (nSPS) is 21.4. The number of thioether (sulfide) groups is 1. The second-order valence-corrected chi connectivity index (χ2v) is 6.67. The lowest BCUT2D eigenvalue weighted by Crippen LogP contribution is -2.52.